The van der Waals surface area contributed by atoms with Crippen molar-refractivity contribution in [1.82, 2.24) is 25.3 Å². The highest BCUT2D eigenvalue weighted by molar-refractivity contribution is 6.30. The molecule has 8 heteroatoms. The van der Waals surface area contributed by atoms with E-state index in [1.165, 1.54) is 5.39 Å². The predicted octanol–water partition coefficient (Wildman–Crippen LogP) is 3.93. The third kappa shape index (κ3) is 4.94. The lowest BCUT2D eigenvalue weighted by Gasteiger charge is -2.05. The summed E-state index contributed by atoms with van der Waals surface area (Å²) in [6.45, 7) is 1.10. The first-order chi connectivity index (χ1) is 14.2. The molecule has 0 aliphatic rings. The number of aromatic nitrogens is 4. The molecule has 0 bridgehead atoms. The number of H-pyrrole nitrogens is 1. The van der Waals surface area contributed by atoms with Gasteiger partial charge in [0, 0.05) is 28.7 Å². The van der Waals surface area contributed by atoms with Gasteiger partial charge in [0.2, 0.25) is 0 Å². The second-order valence-corrected chi connectivity index (χ2v) is 7.09. The highest BCUT2D eigenvalue weighted by atomic mass is 35.5. The molecule has 0 aliphatic carbocycles. The lowest BCUT2D eigenvalue weighted by atomic mass is 10.1. The van der Waals surface area contributed by atoms with Crippen LogP contribution in [0.15, 0.2) is 60.9 Å². The van der Waals surface area contributed by atoms with E-state index in [1.54, 1.807) is 10.9 Å². The summed E-state index contributed by atoms with van der Waals surface area (Å²) in [4.78, 5) is 15.2. The average Bonchev–Trinajstić information content (AvgIpc) is 3.34. The highest BCUT2D eigenvalue weighted by Crippen LogP contribution is 2.17. The third-order valence-corrected chi connectivity index (χ3v) is 4.74. The summed E-state index contributed by atoms with van der Waals surface area (Å²) >= 11 is 5.99. The number of hydrogen-bond acceptors (Lipinski definition) is 4. The predicted molar refractivity (Wildman–Crippen MR) is 111 cm³/mol. The first-order valence-electron chi connectivity index (χ1n) is 9.26. The molecule has 148 valence electrons. The Morgan fingerprint density at radius 3 is 3.00 bits per heavy atom. The Bertz CT molecular complexity index is 1120. The molecule has 0 atom stereocenters. The largest absolute Gasteiger partial charge is 0.443 e. The lowest BCUT2D eigenvalue weighted by Crippen LogP contribution is -2.26. The molecule has 4 aromatic rings. The molecule has 0 saturated heterocycles. The van der Waals surface area contributed by atoms with Crippen LogP contribution in [-0.2, 0) is 24.3 Å². The van der Waals surface area contributed by atoms with Gasteiger partial charge in [-0.05, 0) is 35.7 Å². The number of ether oxygens (including phenoxy) is 1. The monoisotopic (exact) mass is 409 g/mol. The fourth-order valence-electron chi connectivity index (χ4n) is 3.13. The number of amides is 1. The van der Waals surface area contributed by atoms with Crippen molar-refractivity contribution in [2.24, 2.45) is 0 Å². The zero-order chi connectivity index (χ0) is 20.1. The molecule has 0 spiro atoms. The molecule has 7 nitrogen and oxygen atoms in total. The van der Waals surface area contributed by atoms with E-state index in [1.807, 2.05) is 48.7 Å². The number of hydrogen-bond donors (Lipinski definition) is 2. The van der Waals surface area contributed by atoms with Crippen LogP contribution in [0.3, 0.4) is 0 Å². The molecule has 2 aromatic carbocycles. The lowest BCUT2D eigenvalue weighted by molar-refractivity contribution is 0.138. The summed E-state index contributed by atoms with van der Waals surface area (Å²) in [7, 11) is 0. The Kier molecular flexibility index (Phi) is 5.76. The van der Waals surface area contributed by atoms with Crippen molar-refractivity contribution in [2.75, 3.05) is 6.54 Å². The minimum atomic E-state index is -0.478. The van der Waals surface area contributed by atoms with Crippen LogP contribution >= 0.6 is 11.6 Å². The summed E-state index contributed by atoms with van der Waals surface area (Å²) in [6, 6.07) is 15.6. The number of carbonyl (C=O) groups excluding carboxylic acids is 1. The summed E-state index contributed by atoms with van der Waals surface area (Å²) in [6.07, 6.45) is 3.96. The van der Waals surface area contributed by atoms with Crippen LogP contribution in [0.1, 0.15) is 16.8 Å². The number of aromatic amines is 1. The van der Waals surface area contributed by atoms with Crippen molar-refractivity contribution in [3.05, 3.63) is 82.8 Å². The number of nitrogens with one attached hydrogen (secondary N) is 2. The summed E-state index contributed by atoms with van der Waals surface area (Å²) in [5.74, 6) is 0. The Hall–Kier alpha value is -3.32. The van der Waals surface area contributed by atoms with Crippen LogP contribution in [-0.4, -0.2) is 32.6 Å². The van der Waals surface area contributed by atoms with E-state index in [0.29, 0.717) is 23.8 Å². The van der Waals surface area contributed by atoms with Gasteiger partial charge in [0.25, 0.3) is 0 Å². The standard InChI is InChI=1S/C21H20ClN5O2/c22-17-5-3-4-15(10-17)12-27-13-18(25-26-27)14-29-21(28)23-9-8-16-11-24-20-7-2-1-6-19(16)20/h1-7,10-11,13,24H,8-9,12,14H2,(H,23,28). The van der Waals surface area contributed by atoms with E-state index in [9.17, 15) is 4.79 Å². The molecule has 0 aliphatic heterocycles. The second-order valence-electron chi connectivity index (χ2n) is 6.65. The number of alkyl carbamates (subject to hydrolysis) is 1. The molecule has 0 unspecified atom stereocenters. The van der Waals surface area contributed by atoms with Gasteiger partial charge in [-0.1, -0.05) is 47.1 Å². The molecule has 29 heavy (non-hydrogen) atoms. The topological polar surface area (TPSA) is 84.8 Å². The molecule has 2 aromatic heterocycles. The van der Waals surface area contributed by atoms with E-state index in [0.717, 1.165) is 23.1 Å². The van der Waals surface area contributed by atoms with Gasteiger partial charge in [-0.25, -0.2) is 9.48 Å². The first-order valence-corrected chi connectivity index (χ1v) is 9.64. The average molecular weight is 410 g/mol. The molecule has 0 radical (unpaired) electrons. The minimum Gasteiger partial charge on any atom is -0.443 e. The smallest absolute Gasteiger partial charge is 0.407 e. The number of halogens is 1. The first kappa shape index (κ1) is 19.0. The number of benzene rings is 2. The highest BCUT2D eigenvalue weighted by Gasteiger charge is 2.08. The van der Waals surface area contributed by atoms with Crippen molar-refractivity contribution in [2.45, 2.75) is 19.6 Å². The summed E-state index contributed by atoms with van der Waals surface area (Å²) in [5, 5.41) is 12.7. The minimum absolute atomic E-state index is 0.0640. The quantitative estimate of drug-likeness (QED) is 0.484. The molecule has 0 fully saturated rings. The van der Waals surface area contributed by atoms with Crippen molar-refractivity contribution < 1.29 is 9.53 Å². The molecule has 4 rings (SSSR count). The van der Waals surface area contributed by atoms with Gasteiger partial charge < -0.3 is 15.0 Å². The van der Waals surface area contributed by atoms with Crippen LogP contribution in [0.2, 0.25) is 5.02 Å². The van der Waals surface area contributed by atoms with Crippen LogP contribution in [0.25, 0.3) is 10.9 Å². The summed E-state index contributed by atoms with van der Waals surface area (Å²) in [5.41, 5.74) is 3.85. The Labute approximate surface area is 172 Å². The number of nitrogens with zero attached hydrogens (tertiary/aromatic N) is 3. The van der Waals surface area contributed by atoms with Gasteiger partial charge >= 0.3 is 6.09 Å². The Balaban J connectivity index is 1.22. The van der Waals surface area contributed by atoms with Crippen LogP contribution in [0, 0.1) is 0 Å². The molecule has 2 heterocycles. The van der Waals surface area contributed by atoms with E-state index in [-0.39, 0.29) is 6.61 Å². The van der Waals surface area contributed by atoms with Crippen LogP contribution in [0.4, 0.5) is 4.79 Å². The summed E-state index contributed by atoms with van der Waals surface area (Å²) < 4.78 is 6.90. The van der Waals surface area contributed by atoms with E-state index >= 15 is 0 Å². The van der Waals surface area contributed by atoms with Crippen molar-refractivity contribution in [1.29, 1.82) is 0 Å². The number of fused-ring (bicyclic) bond motifs is 1. The molecule has 2 N–H and O–H groups in total. The second kappa shape index (κ2) is 8.79. The fourth-order valence-corrected chi connectivity index (χ4v) is 3.35. The third-order valence-electron chi connectivity index (χ3n) is 4.51. The number of para-hydroxylation sites is 1. The number of rotatable bonds is 7. The van der Waals surface area contributed by atoms with Gasteiger partial charge in [-0.2, -0.15) is 0 Å². The maximum Gasteiger partial charge on any atom is 0.407 e. The van der Waals surface area contributed by atoms with E-state index in [4.69, 9.17) is 16.3 Å². The van der Waals surface area contributed by atoms with Gasteiger partial charge in [0.15, 0.2) is 0 Å². The van der Waals surface area contributed by atoms with E-state index < -0.39 is 6.09 Å². The zero-order valence-corrected chi connectivity index (χ0v) is 16.4. The van der Waals surface area contributed by atoms with Gasteiger partial charge in [0.1, 0.15) is 12.3 Å². The van der Waals surface area contributed by atoms with Crippen LogP contribution in [0.5, 0.6) is 0 Å². The van der Waals surface area contributed by atoms with Crippen molar-refractivity contribution in [3.63, 3.8) is 0 Å². The molecule has 1 amide bonds. The van der Waals surface area contributed by atoms with E-state index in [2.05, 4.69) is 26.7 Å². The Morgan fingerprint density at radius 2 is 2.10 bits per heavy atom. The normalized spacial score (nSPS) is 10.9. The van der Waals surface area contributed by atoms with Crippen molar-refractivity contribution in [3.8, 4) is 0 Å². The van der Waals surface area contributed by atoms with Gasteiger partial charge in [-0.15, -0.1) is 5.10 Å². The van der Waals surface area contributed by atoms with Gasteiger partial charge in [-0.3, -0.25) is 0 Å². The molecule has 0 saturated carbocycles. The molecular weight excluding hydrogens is 390 g/mol. The Morgan fingerprint density at radius 1 is 1.21 bits per heavy atom. The fraction of sp³-hybridized carbons (Fsp3) is 0.190. The maximum atomic E-state index is 11.9. The van der Waals surface area contributed by atoms with Crippen LogP contribution < -0.4 is 5.32 Å². The van der Waals surface area contributed by atoms with Crippen molar-refractivity contribution >= 4 is 28.6 Å². The number of carbonyl (C=O) groups is 1. The molecular formula is C21H20ClN5O2. The SMILES string of the molecule is O=C(NCCc1c[nH]c2ccccc12)OCc1cn(Cc2cccc(Cl)c2)nn1. The van der Waals surface area contributed by atoms with Gasteiger partial charge in [0.05, 0.1) is 12.7 Å². The maximum absolute atomic E-state index is 11.9. The zero-order valence-electron chi connectivity index (χ0n) is 15.6.